The summed E-state index contributed by atoms with van der Waals surface area (Å²) >= 11 is 0. The molecule has 1 N–H and O–H groups in total. The van der Waals surface area contributed by atoms with Crippen LogP contribution < -0.4 is 5.32 Å². The van der Waals surface area contributed by atoms with Gasteiger partial charge in [0.2, 0.25) is 18.5 Å². The van der Waals surface area contributed by atoms with Gasteiger partial charge in [-0.15, -0.1) is 0 Å². The molecular formula is C6H9F3N2O. The Labute approximate surface area is 67.5 Å². The SMILES string of the molecule is CC(=O)N1CC(F)NC(F)C1F. The summed E-state index contributed by atoms with van der Waals surface area (Å²) in [6.07, 6.45) is -5.93. The summed E-state index contributed by atoms with van der Waals surface area (Å²) in [5.74, 6) is -0.672. The van der Waals surface area contributed by atoms with Gasteiger partial charge >= 0.3 is 0 Å². The summed E-state index contributed by atoms with van der Waals surface area (Å²) in [6.45, 7) is 0.619. The van der Waals surface area contributed by atoms with Crippen molar-refractivity contribution in [1.82, 2.24) is 10.2 Å². The highest BCUT2D eigenvalue weighted by molar-refractivity contribution is 5.73. The van der Waals surface area contributed by atoms with E-state index in [4.69, 9.17) is 0 Å². The molecule has 0 aromatic rings. The average Bonchev–Trinajstić information content (AvgIpc) is 1.96. The van der Waals surface area contributed by atoms with Crippen LogP contribution in [0.1, 0.15) is 6.92 Å². The minimum atomic E-state index is -2.14. The number of hydrogen-bond donors (Lipinski definition) is 1. The number of rotatable bonds is 0. The number of carbonyl (C=O) groups is 1. The Morgan fingerprint density at radius 2 is 2.08 bits per heavy atom. The number of carbonyl (C=O) groups excluding carboxylic acids is 1. The summed E-state index contributed by atoms with van der Waals surface area (Å²) in [5.41, 5.74) is 0. The fourth-order valence-electron chi connectivity index (χ4n) is 1.04. The summed E-state index contributed by atoms with van der Waals surface area (Å²) in [5, 5.41) is 1.71. The third-order valence-corrected chi connectivity index (χ3v) is 1.64. The van der Waals surface area contributed by atoms with Crippen molar-refractivity contribution in [3.8, 4) is 0 Å². The Balaban J connectivity index is 2.66. The molecule has 6 heteroatoms. The van der Waals surface area contributed by atoms with Crippen LogP contribution in [0.3, 0.4) is 0 Å². The van der Waals surface area contributed by atoms with Crippen molar-refractivity contribution in [3.63, 3.8) is 0 Å². The molecule has 3 unspecified atom stereocenters. The third kappa shape index (κ3) is 1.69. The number of hydrogen-bond acceptors (Lipinski definition) is 2. The smallest absolute Gasteiger partial charge is 0.221 e. The van der Waals surface area contributed by atoms with Gasteiger partial charge in [0.15, 0.2) is 6.30 Å². The van der Waals surface area contributed by atoms with Gasteiger partial charge in [-0.1, -0.05) is 0 Å². The van der Waals surface area contributed by atoms with E-state index in [0.717, 1.165) is 6.92 Å². The molecule has 1 saturated heterocycles. The van der Waals surface area contributed by atoms with Gasteiger partial charge in [0.1, 0.15) is 0 Å². The van der Waals surface area contributed by atoms with Crippen LogP contribution >= 0.6 is 0 Å². The molecule has 0 aromatic heterocycles. The molecule has 0 aliphatic carbocycles. The standard InChI is InChI=1S/C6H9F3N2O/c1-3(12)11-2-4(7)10-5(8)6(11)9/h4-6,10H,2H2,1H3. The first-order chi connectivity index (χ1) is 5.52. The van der Waals surface area contributed by atoms with Gasteiger partial charge in [0.25, 0.3) is 0 Å². The van der Waals surface area contributed by atoms with Crippen LogP contribution in [0.15, 0.2) is 0 Å². The quantitative estimate of drug-likeness (QED) is 0.547. The number of halogens is 3. The van der Waals surface area contributed by atoms with Crippen LogP contribution in [0.2, 0.25) is 0 Å². The first-order valence-electron chi connectivity index (χ1n) is 3.48. The summed E-state index contributed by atoms with van der Waals surface area (Å²) in [6, 6.07) is 0. The lowest BCUT2D eigenvalue weighted by molar-refractivity contribution is -0.147. The van der Waals surface area contributed by atoms with E-state index in [2.05, 4.69) is 0 Å². The summed E-state index contributed by atoms with van der Waals surface area (Å²) in [7, 11) is 0. The zero-order valence-corrected chi connectivity index (χ0v) is 6.43. The van der Waals surface area contributed by atoms with E-state index >= 15 is 0 Å². The topological polar surface area (TPSA) is 32.3 Å². The first kappa shape index (κ1) is 9.31. The molecule has 1 amide bonds. The maximum absolute atomic E-state index is 12.8. The van der Waals surface area contributed by atoms with Crippen molar-refractivity contribution in [3.05, 3.63) is 0 Å². The van der Waals surface area contributed by atoms with E-state index in [9.17, 15) is 18.0 Å². The van der Waals surface area contributed by atoms with Crippen LogP contribution in [0.25, 0.3) is 0 Å². The predicted octanol–water partition coefficient (Wildman–Crippen LogP) is 0.325. The maximum Gasteiger partial charge on any atom is 0.221 e. The molecule has 0 spiro atoms. The van der Waals surface area contributed by atoms with Crippen molar-refractivity contribution >= 4 is 5.91 Å². The molecule has 0 aromatic carbocycles. The first-order valence-corrected chi connectivity index (χ1v) is 3.48. The van der Waals surface area contributed by atoms with Crippen molar-refractivity contribution in [2.75, 3.05) is 6.54 Å². The predicted molar refractivity (Wildman–Crippen MR) is 35.2 cm³/mol. The highest BCUT2D eigenvalue weighted by Crippen LogP contribution is 2.15. The van der Waals surface area contributed by atoms with Crippen molar-refractivity contribution in [1.29, 1.82) is 0 Å². The van der Waals surface area contributed by atoms with Crippen molar-refractivity contribution in [2.45, 2.75) is 25.8 Å². The van der Waals surface area contributed by atoms with Crippen LogP contribution in [0, 0.1) is 0 Å². The van der Waals surface area contributed by atoms with E-state index < -0.39 is 31.3 Å². The van der Waals surface area contributed by atoms with Gasteiger partial charge < -0.3 is 4.90 Å². The molecule has 0 radical (unpaired) electrons. The zero-order chi connectivity index (χ0) is 9.30. The summed E-state index contributed by atoms with van der Waals surface area (Å²) in [4.78, 5) is 11.1. The fourth-order valence-corrected chi connectivity index (χ4v) is 1.04. The van der Waals surface area contributed by atoms with Gasteiger partial charge in [-0.25, -0.2) is 13.2 Å². The number of nitrogens with zero attached hydrogens (tertiary/aromatic N) is 1. The molecule has 1 aliphatic heterocycles. The molecule has 3 nitrogen and oxygen atoms in total. The Hall–Kier alpha value is -0.780. The third-order valence-electron chi connectivity index (χ3n) is 1.64. The highest BCUT2D eigenvalue weighted by atomic mass is 19.2. The largest absolute Gasteiger partial charge is 0.305 e. The molecule has 70 valence electrons. The van der Waals surface area contributed by atoms with Gasteiger partial charge in [-0.2, -0.15) is 0 Å². The summed E-state index contributed by atoms with van der Waals surface area (Å²) < 4.78 is 37.8. The van der Waals surface area contributed by atoms with Gasteiger partial charge in [0, 0.05) is 6.92 Å². The van der Waals surface area contributed by atoms with Crippen LogP contribution in [-0.4, -0.2) is 36.2 Å². The van der Waals surface area contributed by atoms with Crippen LogP contribution in [0.4, 0.5) is 13.2 Å². The van der Waals surface area contributed by atoms with E-state index in [1.54, 1.807) is 5.32 Å². The maximum atomic E-state index is 12.8. The minimum Gasteiger partial charge on any atom is -0.305 e. The molecule has 3 atom stereocenters. The lowest BCUT2D eigenvalue weighted by Gasteiger charge is -2.34. The normalized spacial score (nSPS) is 36.7. The minimum absolute atomic E-state index is 0.448. The van der Waals surface area contributed by atoms with E-state index in [1.807, 2.05) is 0 Å². The number of piperazine rings is 1. The van der Waals surface area contributed by atoms with E-state index in [0.29, 0.717) is 4.90 Å². The molecule has 1 fully saturated rings. The molecule has 12 heavy (non-hydrogen) atoms. The van der Waals surface area contributed by atoms with E-state index in [1.165, 1.54) is 0 Å². The van der Waals surface area contributed by atoms with Crippen LogP contribution in [0.5, 0.6) is 0 Å². The van der Waals surface area contributed by atoms with Gasteiger partial charge in [-0.3, -0.25) is 10.1 Å². The molecule has 1 aliphatic rings. The Bertz CT molecular complexity index is 190. The van der Waals surface area contributed by atoms with Crippen LogP contribution in [-0.2, 0) is 4.79 Å². The fraction of sp³-hybridized carbons (Fsp3) is 0.833. The number of alkyl halides is 3. The average molecular weight is 182 g/mol. The van der Waals surface area contributed by atoms with Crippen molar-refractivity contribution < 1.29 is 18.0 Å². The monoisotopic (exact) mass is 182 g/mol. The molecule has 1 heterocycles. The zero-order valence-electron chi connectivity index (χ0n) is 6.43. The van der Waals surface area contributed by atoms with Gasteiger partial charge in [-0.05, 0) is 0 Å². The van der Waals surface area contributed by atoms with E-state index in [-0.39, 0.29) is 0 Å². The second-order valence-electron chi connectivity index (χ2n) is 2.58. The Morgan fingerprint density at radius 3 is 2.58 bits per heavy atom. The highest BCUT2D eigenvalue weighted by Gasteiger charge is 2.37. The lowest BCUT2D eigenvalue weighted by atomic mass is 10.3. The lowest BCUT2D eigenvalue weighted by Crippen LogP contribution is -2.58. The van der Waals surface area contributed by atoms with Crippen molar-refractivity contribution in [2.24, 2.45) is 0 Å². The second-order valence-corrected chi connectivity index (χ2v) is 2.58. The molecule has 0 saturated carbocycles. The number of amides is 1. The molecular weight excluding hydrogens is 173 g/mol. The number of nitrogens with one attached hydrogen (secondary N) is 1. The Morgan fingerprint density at radius 1 is 1.50 bits per heavy atom. The molecule has 1 rings (SSSR count). The second kappa shape index (κ2) is 3.30. The van der Waals surface area contributed by atoms with Gasteiger partial charge in [0.05, 0.1) is 6.54 Å². The Kier molecular flexibility index (Phi) is 2.56. The molecule has 0 bridgehead atoms.